The second-order valence-electron chi connectivity index (χ2n) is 6.51. The van der Waals surface area contributed by atoms with E-state index in [1.54, 1.807) is 10.9 Å². The second-order valence-corrected chi connectivity index (χ2v) is 6.51. The topological polar surface area (TPSA) is 46.9 Å². The molecule has 1 aromatic carbocycles. The quantitative estimate of drug-likeness (QED) is 0.942. The summed E-state index contributed by atoms with van der Waals surface area (Å²) in [4.78, 5) is 12.2. The summed E-state index contributed by atoms with van der Waals surface area (Å²) < 4.78 is 1.78. The summed E-state index contributed by atoms with van der Waals surface area (Å²) in [5.41, 5.74) is 4.02. The third-order valence-corrected chi connectivity index (χ3v) is 5.35. The Kier molecular flexibility index (Phi) is 3.06. The molecule has 0 unspecified atom stereocenters. The van der Waals surface area contributed by atoms with Crippen LogP contribution in [0.1, 0.15) is 41.3 Å². The van der Waals surface area contributed by atoms with Crippen LogP contribution in [0.25, 0.3) is 0 Å². The molecule has 1 N–H and O–H groups in total. The number of rotatable bonds is 4. The minimum absolute atomic E-state index is 0.00645. The van der Waals surface area contributed by atoms with Gasteiger partial charge in [0.05, 0.1) is 11.8 Å². The van der Waals surface area contributed by atoms with Gasteiger partial charge in [-0.2, -0.15) is 5.10 Å². The van der Waals surface area contributed by atoms with Crippen LogP contribution in [0.3, 0.4) is 0 Å². The van der Waals surface area contributed by atoms with Gasteiger partial charge >= 0.3 is 0 Å². The summed E-state index contributed by atoms with van der Waals surface area (Å²) in [6.07, 6.45) is 7.08. The molecule has 1 heterocycles. The SMILES string of the molecule is CCn1cc(C(=O)NC[C@@H]2C[C@]23CCc2ccccc23)cn1. The Morgan fingerprint density at radius 1 is 1.45 bits per heavy atom. The van der Waals surface area contributed by atoms with E-state index in [-0.39, 0.29) is 5.91 Å². The van der Waals surface area contributed by atoms with Gasteiger partial charge in [-0.3, -0.25) is 9.48 Å². The Labute approximate surface area is 130 Å². The van der Waals surface area contributed by atoms with Crippen molar-refractivity contribution in [1.29, 1.82) is 0 Å². The van der Waals surface area contributed by atoms with Crippen molar-refractivity contribution >= 4 is 5.91 Å². The average Bonchev–Trinajstić information content (AvgIpc) is 2.89. The fraction of sp³-hybridized carbons (Fsp3) is 0.444. The van der Waals surface area contributed by atoms with E-state index in [4.69, 9.17) is 0 Å². The van der Waals surface area contributed by atoms with Crippen molar-refractivity contribution in [2.45, 2.75) is 38.1 Å². The second kappa shape index (κ2) is 4.97. The predicted molar refractivity (Wildman–Crippen MR) is 84.8 cm³/mol. The van der Waals surface area contributed by atoms with Gasteiger partial charge in [0.1, 0.15) is 0 Å². The van der Waals surface area contributed by atoms with E-state index in [1.807, 2.05) is 13.1 Å². The molecule has 1 aromatic heterocycles. The molecule has 4 heteroatoms. The van der Waals surface area contributed by atoms with Gasteiger partial charge in [0.2, 0.25) is 0 Å². The molecule has 0 aliphatic heterocycles. The van der Waals surface area contributed by atoms with Crippen molar-refractivity contribution in [1.82, 2.24) is 15.1 Å². The number of fused-ring (bicyclic) bond motifs is 2. The van der Waals surface area contributed by atoms with Crippen molar-refractivity contribution < 1.29 is 4.79 Å². The number of benzene rings is 1. The van der Waals surface area contributed by atoms with Crippen LogP contribution in [0, 0.1) is 5.92 Å². The lowest BCUT2D eigenvalue weighted by atomic mass is 9.95. The lowest BCUT2D eigenvalue weighted by Gasteiger charge is -2.12. The minimum atomic E-state index is -0.00645. The Morgan fingerprint density at radius 3 is 3.14 bits per heavy atom. The molecular formula is C18H21N3O. The number of hydrogen-bond acceptors (Lipinski definition) is 2. The van der Waals surface area contributed by atoms with E-state index in [2.05, 4.69) is 34.7 Å². The van der Waals surface area contributed by atoms with E-state index < -0.39 is 0 Å². The third-order valence-electron chi connectivity index (χ3n) is 5.35. The number of aryl methyl sites for hydroxylation is 2. The first-order chi connectivity index (χ1) is 10.7. The highest BCUT2D eigenvalue weighted by Crippen LogP contribution is 2.61. The molecule has 2 aromatic rings. The zero-order valence-corrected chi connectivity index (χ0v) is 12.9. The molecule has 2 atom stereocenters. The summed E-state index contributed by atoms with van der Waals surface area (Å²) in [6, 6.07) is 8.79. The van der Waals surface area contributed by atoms with Crippen molar-refractivity contribution in [3.05, 3.63) is 53.3 Å². The highest BCUT2D eigenvalue weighted by molar-refractivity contribution is 5.93. The van der Waals surface area contributed by atoms with Gasteiger partial charge in [-0.05, 0) is 43.2 Å². The van der Waals surface area contributed by atoms with Gasteiger partial charge in [-0.25, -0.2) is 0 Å². The van der Waals surface area contributed by atoms with Gasteiger partial charge in [-0.15, -0.1) is 0 Å². The fourth-order valence-corrected chi connectivity index (χ4v) is 3.97. The minimum Gasteiger partial charge on any atom is -0.352 e. The summed E-state index contributed by atoms with van der Waals surface area (Å²) >= 11 is 0. The molecule has 0 radical (unpaired) electrons. The van der Waals surface area contributed by atoms with Crippen LogP contribution in [0.15, 0.2) is 36.7 Å². The van der Waals surface area contributed by atoms with E-state index >= 15 is 0 Å². The number of aromatic nitrogens is 2. The number of amides is 1. The molecule has 4 nitrogen and oxygen atoms in total. The van der Waals surface area contributed by atoms with Crippen molar-refractivity contribution in [3.8, 4) is 0 Å². The molecular weight excluding hydrogens is 274 g/mol. The predicted octanol–water partition coefficient (Wildman–Crippen LogP) is 2.54. The molecule has 1 amide bonds. The zero-order valence-electron chi connectivity index (χ0n) is 12.9. The molecule has 0 bridgehead atoms. The number of carbonyl (C=O) groups is 1. The lowest BCUT2D eigenvalue weighted by molar-refractivity contribution is 0.0951. The van der Waals surface area contributed by atoms with E-state index in [0.29, 0.717) is 16.9 Å². The van der Waals surface area contributed by atoms with Crippen LogP contribution in [0.2, 0.25) is 0 Å². The molecule has 22 heavy (non-hydrogen) atoms. The highest BCUT2D eigenvalue weighted by Gasteiger charge is 2.57. The molecule has 2 aliphatic carbocycles. The Balaban J connectivity index is 1.39. The number of carbonyl (C=O) groups excluding carboxylic acids is 1. The van der Waals surface area contributed by atoms with Gasteiger partial charge in [0, 0.05) is 24.7 Å². The highest BCUT2D eigenvalue weighted by atomic mass is 16.1. The van der Waals surface area contributed by atoms with E-state index in [9.17, 15) is 4.79 Å². The maximum absolute atomic E-state index is 12.2. The third kappa shape index (κ3) is 2.05. The molecule has 1 spiro atoms. The van der Waals surface area contributed by atoms with Crippen molar-refractivity contribution in [3.63, 3.8) is 0 Å². The van der Waals surface area contributed by atoms with Crippen molar-refractivity contribution in [2.75, 3.05) is 6.54 Å². The fourth-order valence-electron chi connectivity index (χ4n) is 3.97. The van der Waals surface area contributed by atoms with Gasteiger partial charge in [0.15, 0.2) is 0 Å². The molecule has 1 saturated carbocycles. The van der Waals surface area contributed by atoms with Crippen LogP contribution < -0.4 is 5.32 Å². The van der Waals surface area contributed by atoms with Crippen LogP contribution in [0.5, 0.6) is 0 Å². The summed E-state index contributed by atoms with van der Waals surface area (Å²) in [6.45, 7) is 3.57. The smallest absolute Gasteiger partial charge is 0.254 e. The zero-order chi connectivity index (χ0) is 15.2. The van der Waals surface area contributed by atoms with Crippen molar-refractivity contribution in [2.24, 2.45) is 5.92 Å². The summed E-state index contributed by atoms with van der Waals surface area (Å²) in [7, 11) is 0. The number of hydrogen-bond donors (Lipinski definition) is 1. The molecule has 1 fully saturated rings. The molecule has 0 saturated heterocycles. The number of nitrogens with zero attached hydrogens (tertiary/aromatic N) is 2. The molecule has 2 aliphatic rings. The first kappa shape index (κ1) is 13.6. The molecule has 4 rings (SSSR count). The maximum atomic E-state index is 12.2. The molecule has 114 valence electrons. The van der Waals surface area contributed by atoms with Gasteiger partial charge in [0.25, 0.3) is 5.91 Å². The Hall–Kier alpha value is -2.10. The van der Waals surface area contributed by atoms with E-state index in [1.165, 1.54) is 30.4 Å². The van der Waals surface area contributed by atoms with Gasteiger partial charge in [-0.1, -0.05) is 24.3 Å². The van der Waals surface area contributed by atoms with Crippen LogP contribution >= 0.6 is 0 Å². The average molecular weight is 295 g/mol. The lowest BCUT2D eigenvalue weighted by Crippen LogP contribution is -2.27. The van der Waals surface area contributed by atoms with E-state index in [0.717, 1.165) is 13.1 Å². The Bertz CT molecular complexity index is 721. The first-order valence-electron chi connectivity index (χ1n) is 8.12. The van der Waals surface area contributed by atoms with Crippen LogP contribution in [-0.4, -0.2) is 22.2 Å². The first-order valence-corrected chi connectivity index (χ1v) is 8.12. The standard InChI is InChI=1S/C18H21N3O/c1-2-21-12-14(10-20-21)17(22)19-11-15-9-18(15)8-7-13-5-3-4-6-16(13)18/h3-6,10,12,15H,2,7-9,11H2,1H3,(H,19,22)/t15-,18+/m0/s1. The van der Waals surface area contributed by atoms with Gasteiger partial charge < -0.3 is 5.32 Å². The normalized spacial score (nSPS) is 25.2. The summed E-state index contributed by atoms with van der Waals surface area (Å²) in [5.74, 6) is 0.578. The summed E-state index contributed by atoms with van der Waals surface area (Å²) in [5, 5.41) is 7.24. The maximum Gasteiger partial charge on any atom is 0.254 e. The number of nitrogens with one attached hydrogen (secondary N) is 1. The Morgan fingerprint density at radius 2 is 2.32 bits per heavy atom. The largest absolute Gasteiger partial charge is 0.352 e. The van der Waals surface area contributed by atoms with Crippen LogP contribution in [0.4, 0.5) is 0 Å². The van der Waals surface area contributed by atoms with Crippen LogP contribution in [-0.2, 0) is 18.4 Å². The monoisotopic (exact) mass is 295 g/mol.